The zero-order valence-electron chi connectivity index (χ0n) is 12.0. The van der Waals surface area contributed by atoms with E-state index in [0.29, 0.717) is 26.1 Å². The van der Waals surface area contributed by atoms with Gasteiger partial charge < -0.3 is 20.5 Å². The summed E-state index contributed by atoms with van der Waals surface area (Å²) in [7, 11) is 1.63. The number of ether oxygens (including phenoxy) is 1. The first-order valence-corrected chi connectivity index (χ1v) is 6.90. The Morgan fingerprint density at radius 2 is 2.10 bits per heavy atom. The fraction of sp³-hybridized carbons (Fsp3) is 0.533. The van der Waals surface area contributed by atoms with Crippen molar-refractivity contribution < 1.29 is 14.6 Å². The molecule has 1 aromatic rings. The van der Waals surface area contributed by atoms with Gasteiger partial charge in [0.1, 0.15) is 0 Å². The summed E-state index contributed by atoms with van der Waals surface area (Å²) in [5.41, 5.74) is 1.13. The lowest BCUT2D eigenvalue weighted by Crippen LogP contribution is -2.37. The van der Waals surface area contributed by atoms with Gasteiger partial charge in [0, 0.05) is 32.7 Å². The summed E-state index contributed by atoms with van der Waals surface area (Å²) in [6.45, 7) is 2.17. The molecule has 0 heterocycles. The van der Waals surface area contributed by atoms with Crippen LogP contribution < -0.4 is 10.6 Å². The van der Waals surface area contributed by atoms with Gasteiger partial charge in [0.15, 0.2) is 0 Å². The molecule has 1 unspecified atom stereocenters. The van der Waals surface area contributed by atoms with E-state index in [-0.39, 0.29) is 25.0 Å². The van der Waals surface area contributed by atoms with Crippen LogP contribution in [0.5, 0.6) is 0 Å². The molecular weight excluding hydrogens is 256 g/mol. The van der Waals surface area contributed by atoms with E-state index in [1.807, 2.05) is 30.3 Å². The Morgan fingerprint density at radius 3 is 2.75 bits per heavy atom. The van der Waals surface area contributed by atoms with Crippen LogP contribution in [-0.2, 0) is 9.53 Å². The van der Waals surface area contributed by atoms with E-state index in [2.05, 4.69) is 10.6 Å². The maximum atomic E-state index is 11.7. The molecule has 20 heavy (non-hydrogen) atoms. The summed E-state index contributed by atoms with van der Waals surface area (Å²) in [5, 5.41) is 15.0. The molecule has 0 spiro atoms. The van der Waals surface area contributed by atoms with Gasteiger partial charge in [-0.3, -0.25) is 4.79 Å². The van der Waals surface area contributed by atoms with Gasteiger partial charge in [-0.15, -0.1) is 0 Å². The van der Waals surface area contributed by atoms with Crippen molar-refractivity contribution in [3.05, 3.63) is 35.9 Å². The van der Waals surface area contributed by atoms with Crippen molar-refractivity contribution in [2.24, 2.45) is 0 Å². The van der Waals surface area contributed by atoms with Crippen LogP contribution in [0, 0.1) is 0 Å². The van der Waals surface area contributed by atoms with E-state index in [9.17, 15) is 4.79 Å². The number of nitrogens with one attached hydrogen (secondary N) is 2. The third-order valence-corrected chi connectivity index (χ3v) is 3.06. The highest BCUT2D eigenvalue weighted by Gasteiger charge is 2.12. The summed E-state index contributed by atoms with van der Waals surface area (Å²) >= 11 is 0. The quantitative estimate of drug-likeness (QED) is 0.546. The van der Waals surface area contributed by atoms with Gasteiger partial charge in [-0.25, -0.2) is 0 Å². The first kappa shape index (κ1) is 16.6. The first-order valence-electron chi connectivity index (χ1n) is 6.90. The monoisotopic (exact) mass is 280 g/mol. The van der Waals surface area contributed by atoms with Crippen molar-refractivity contribution in [2.75, 3.05) is 40.0 Å². The molecule has 3 N–H and O–H groups in total. The second-order valence-corrected chi connectivity index (χ2v) is 4.59. The van der Waals surface area contributed by atoms with Gasteiger partial charge in [-0.1, -0.05) is 30.3 Å². The van der Waals surface area contributed by atoms with E-state index >= 15 is 0 Å². The number of hydrogen-bond donors (Lipinski definition) is 3. The van der Waals surface area contributed by atoms with Crippen LogP contribution in [0.3, 0.4) is 0 Å². The van der Waals surface area contributed by atoms with Crippen LogP contribution in [-0.4, -0.2) is 51.0 Å². The van der Waals surface area contributed by atoms with Crippen LogP contribution in [0.15, 0.2) is 30.3 Å². The number of aliphatic hydroxyl groups excluding tert-OH is 1. The number of aliphatic hydroxyl groups is 1. The number of carbonyl (C=O) groups excluding carboxylic acids is 1. The zero-order chi connectivity index (χ0) is 14.6. The molecule has 0 saturated heterocycles. The summed E-state index contributed by atoms with van der Waals surface area (Å²) in [4.78, 5) is 11.7. The summed E-state index contributed by atoms with van der Waals surface area (Å²) < 4.78 is 4.89. The highest BCUT2D eigenvalue weighted by atomic mass is 16.5. The molecule has 0 bridgehead atoms. The standard InChI is InChI=1S/C15H24N2O3/c1-20-10-8-16-12-15(19)17-11-14(7-9-18)13-5-3-2-4-6-13/h2-6,14,16,18H,7-12H2,1H3,(H,17,19). The molecule has 1 rings (SSSR count). The molecule has 1 atom stereocenters. The minimum absolute atomic E-state index is 0.0417. The minimum Gasteiger partial charge on any atom is -0.396 e. The predicted octanol–water partition coefficient (Wildman–Crippen LogP) is 0.505. The number of carbonyl (C=O) groups is 1. The second kappa shape index (κ2) is 10.4. The normalized spacial score (nSPS) is 12.1. The van der Waals surface area contributed by atoms with Gasteiger partial charge in [0.2, 0.25) is 5.91 Å². The topological polar surface area (TPSA) is 70.6 Å². The Hall–Kier alpha value is -1.43. The lowest BCUT2D eigenvalue weighted by molar-refractivity contribution is -0.120. The van der Waals surface area contributed by atoms with Crippen LogP contribution in [0.4, 0.5) is 0 Å². The molecule has 0 aliphatic carbocycles. The predicted molar refractivity (Wildman–Crippen MR) is 78.6 cm³/mol. The Labute approximate surface area is 120 Å². The molecule has 0 aliphatic rings. The molecule has 0 fully saturated rings. The third kappa shape index (κ3) is 6.65. The Morgan fingerprint density at radius 1 is 1.35 bits per heavy atom. The van der Waals surface area contributed by atoms with Crippen LogP contribution in [0.2, 0.25) is 0 Å². The number of rotatable bonds is 10. The minimum atomic E-state index is -0.0417. The average Bonchev–Trinajstić information content (AvgIpc) is 2.49. The van der Waals surface area contributed by atoms with Crippen molar-refractivity contribution in [3.8, 4) is 0 Å². The van der Waals surface area contributed by atoms with Gasteiger partial charge in [-0.05, 0) is 12.0 Å². The maximum absolute atomic E-state index is 11.7. The summed E-state index contributed by atoms with van der Waals surface area (Å²) in [6.07, 6.45) is 0.640. The molecule has 0 aromatic heterocycles. The Kier molecular flexibility index (Phi) is 8.62. The average molecular weight is 280 g/mol. The van der Waals surface area contributed by atoms with E-state index in [1.54, 1.807) is 7.11 Å². The largest absolute Gasteiger partial charge is 0.396 e. The molecule has 5 nitrogen and oxygen atoms in total. The lowest BCUT2D eigenvalue weighted by Gasteiger charge is -2.17. The summed E-state index contributed by atoms with van der Waals surface area (Å²) in [5.74, 6) is 0.101. The molecule has 1 aromatic carbocycles. The first-order chi connectivity index (χ1) is 9.77. The fourth-order valence-electron chi connectivity index (χ4n) is 1.94. The van der Waals surface area contributed by atoms with Crippen LogP contribution in [0.1, 0.15) is 17.9 Å². The van der Waals surface area contributed by atoms with Crippen molar-refractivity contribution in [3.63, 3.8) is 0 Å². The molecular formula is C15H24N2O3. The molecule has 112 valence electrons. The Bertz CT molecular complexity index is 371. The molecule has 1 amide bonds. The summed E-state index contributed by atoms with van der Waals surface area (Å²) in [6, 6.07) is 9.92. The smallest absolute Gasteiger partial charge is 0.233 e. The highest BCUT2D eigenvalue weighted by molar-refractivity contribution is 5.78. The van der Waals surface area contributed by atoms with Crippen molar-refractivity contribution in [1.82, 2.24) is 10.6 Å². The molecule has 0 radical (unpaired) electrons. The van der Waals surface area contributed by atoms with E-state index in [0.717, 1.165) is 5.56 Å². The number of methoxy groups -OCH3 is 1. The number of hydrogen-bond acceptors (Lipinski definition) is 4. The fourth-order valence-corrected chi connectivity index (χ4v) is 1.94. The molecule has 5 heteroatoms. The SMILES string of the molecule is COCCNCC(=O)NCC(CCO)c1ccccc1. The van der Waals surface area contributed by atoms with Crippen molar-refractivity contribution in [2.45, 2.75) is 12.3 Å². The maximum Gasteiger partial charge on any atom is 0.233 e. The second-order valence-electron chi connectivity index (χ2n) is 4.59. The van der Waals surface area contributed by atoms with Gasteiger partial charge in [-0.2, -0.15) is 0 Å². The van der Waals surface area contributed by atoms with Crippen molar-refractivity contribution in [1.29, 1.82) is 0 Å². The Balaban J connectivity index is 2.34. The van der Waals surface area contributed by atoms with E-state index < -0.39 is 0 Å². The third-order valence-electron chi connectivity index (χ3n) is 3.06. The van der Waals surface area contributed by atoms with Crippen LogP contribution >= 0.6 is 0 Å². The zero-order valence-corrected chi connectivity index (χ0v) is 12.0. The molecule has 0 saturated carbocycles. The van der Waals surface area contributed by atoms with Gasteiger partial charge in [0.25, 0.3) is 0 Å². The lowest BCUT2D eigenvalue weighted by atomic mass is 9.96. The van der Waals surface area contributed by atoms with Crippen molar-refractivity contribution >= 4 is 5.91 Å². The van der Waals surface area contributed by atoms with Gasteiger partial charge in [0.05, 0.1) is 13.2 Å². The van der Waals surface area contributed by atoms with E-state index in [4.69, 9.17) is 9.84 Å². The number of benzene rings is 1. The van der Waals surface area contributed by atoms with E-state index in [1.165, 1.54) is 0 Å². The van der Waals surface area contributed by atoms with Crippen LogP contribution in [0.25, 0.3) is 0 Å². The van der Waals surface area contributed by atoms with Gasteiger partial charge >= 0.3 is 0 Å². The number of amides is 1. The molecule has 0 aliphatic heterocycles. The highest BCUT2D eigenvalue weighted by Crippen LogP contribution is 2.17.